The predicted octanol–water partition coefficient (Wildman–Crippen LogP) is 2.97. The van der Waals surface area contributed by atoms with Crippen LogP contribution in [-0.4, -0.2) is 30.6 Å². The highest BCUT2D eigenvalue weighted by molar-refractivity contribution is 7.91. The Morgan fingerprint density at radius 1 is 1.24 bits per heavy atom. The van der Waals surface area contributed by atoms with Crippen LogP contribution < -0.4 is 0 Å². The summed E-state index contributed by atoms with van der Waals surface area (Å²) in [5.74, 6) is 0.0659. The van der Waals surface area contributed by atoms with E-state index in [-0.39, 0.29) is 11.2 Å². The molecule has 1 aliphatic rings. The summed E-state index contributed by atoms with van der Waals surface area (Å²) in [4.78, 5) is 0. The maximum Gasteiger partial charge on any atom is 0.150 e. The van der Waals surface area contributed by atoms with E-state index in [4.69, 9.17) is 0 Å². The molecule has 118 valence electrons. The molecule has 2 rings (SSSR count). The van der Waals surface area contributed by atoms with Gasteiger partial charge < -0.3 is 5.11 Å². The second-order valence-electron chi connectivity index (χ2n) is 6.43. The molecule has 1 fully saturated rings. The van der Waals surface area contributed by atoms with Crippen molar-refractivity contribution in [2.24, 2.45) is 5.92 Å². The summed E-state index contributed by atoms with van der Waals surface area (Å²) in [6, 6.07) is 9.97. The van der Waals surface area contributed by atoms with Crippen LogP contribution in [0.2, 0.25) is 0 Å². The van der Waals surface area contributed by atoms with E-state index in [2.05, 4.69) is 0 Å². The minimum absolute atomic E-state index is 0.0659. The normalized spacial score (nSPS) is 26.2. The third-order valence-electron chi connectivity index (χ3n) is 4.96. The van der Waals surface area contributed by atoms with Gasteiger partial charge in [-0.05, 0) is 37.2 Å². The summed E-state index contributed by atoms with van der Waals surface area (Å²) in [7, 11) is -3.01. The second-order valence-corrected chi connectivity index (χ2v) is 8.76. The summed E-state index contributed by atoms with van der Waals surface area (Å²) in [5, 5.41) is 10.8. The Morgan fingerprint density at radius 2 is 1.90 bits per heavy atom. The van der Waals surface area contributed by atoms with E-state index in [1.165, 1.54) is 6.26 Å². The molecule has 3 nitrogen and oxygen atoms in total. The van der Waals surface area contributed by atoms with Crippen LogP contribution >= 0.6 is 0 Å². The molecular weight excluding hydrogens is 284 g/mol. The predicted molar refractivity (Wildman–Crippen MR) is 86.0 cm³/mol. The molecule has 3 atom stereocenters. The first-order valence-corrected chi connectivity index (χ1v) is 9.76. The van der Waals surface area contributed by atoms with Gasteiger partial charge >= 0.3 is 0 Å². The van der Waals surface area contributed by atoms with Crippen LogP contribution in [0.5, 0.6) is 0 Å². The van der Waals surface area contributed by atoms with Crippen molar-refractivity contribution >= 4 is 9.84 Å². The lowest BCUT2D eigenvalue weighted by molar-refractivity contribution is -0.0353. The van der Waals surface area contributed by atoms with Gasteiger partial charge in [0.2, 0.25) is 0 Å². The lowest BCUT2D eigenvalue weighted by atomic mass is 9.72. The Hall–Kier alpha value is -0.870. The molecule has 1 aromatic rings. The monoisotopic (exact) mass is 310 g/mol. The Balaban J connectivity index is 2.15. The SMILES string of the molecule is CCC(O)(Cc1ccccc1)C1CCCC(S(C)(=O)=O)C1. The Kier molecular flexibility index (Phi) is 5.10. The van der Waals surface area contributed by atoms with Gasteiger partial charge in [-0.15, -0.1) is 0 Å². The molecule has 0 aromatic heterocycles. The van der Waals surface area contributed by atoms with Crippen molar-refractivity contribution in [2.75, 3.05) is 6.26 Å². The average Bonchev–Trinajstić information content (AvgIpc) is 2.47. The largest absolute Gasteiger partial charge is 0.389 e. The minimum Gasteiger partial charge on any atom is -0.389 e. The van der Waals surface area contributed by atoms with Crippen molar-refractivity contribution in [1.82, 2.24) is 0 Å². The molecule has 3 unspecified atom stereocenters. The zero-order chi connectivity index (χ0) is 15.5. The Morgan fingerprint density at radius 3 is 2.48 bits per heavy atom. The van der Waals surface area contributed by atoms with Gasteiger partial charge in [-0.2, -0.15) is 0 Å². The quantitative estimate of drug-likeness (QED) is 0.909. The number of benzene rings is 1. The standard InChI is InChI=1S/C17H26O3S/c1-3-17(18,13-14-8-5-4-6-9-14)15-10-7-11-16(12-15)21(2,19)20/h4-6,8-9,15-16,18H,3,7,10-13H2,1-2H3. The van der Waals surface area contributed by atoms with E-state index >= 15 is 0 Å². The number of sulfone groups is 1. The van der Waals surface area contributed by atoms with E-state index in [0.29, 0.717) is 19.3 Å². The Labute approximate surface area is 128 Å². The molecule has 0 bridgehead atoms. The molecule has 0 spiro atoms. The van der Waals surface area contributed by atoms with E-state index in [1.54, 1.807) is 0 Å². The van der Waals surface area contributed by atoms with E-state index in [0.717, 1.165) is 24.8 Å². The molecule has 21 heavy (non-hydrogen) atoms. The average molecular weight is 310 g/mol. The van der Waals surface area contributed by atoms with Crippen LogP contribution in [0.1, 0.15) is 44.6 Å². The smallest absolute Gasteiger partial charge is 0.150 e. The van der Waals surface area contributed by atoms with Crippen LogP contribution in [0.4, 0.5) is 0 Å². The molecule has 4 heteroatoms. The zero-order valence-electron chi connectivity index (χ0n) is 13.0. The molecular formula is C17H26O3S. The number of aliphatic hydroxyl groups is 1. The van der Waals surface area contributed by atoms with Gasteiger partial charge in [-0.25, -0.2) is 8.42 Å². The lowest BCUT2D eigenvalue weighted by Gasteiger charge is -2.40. The summed E-state index contributed by atoms with van der Waals surface area (Å²) in [6.07, 6.45) is 5.72. The fraction of sp³-hybridized carbons (Fsp3) is 0.647. The molecule has 0 saturated heterocycles. The fourth-order valence-corrected chi connectivity index (χ4v) is 4.71. The number of hydrogen-bond donors (Lipinski definition) is 1. The van der Waals surface area contributed by atoms with Gasteiger partial charge in [-0.3, -0.25) is 0 Å². The van der Waals surface area contributed by atoms with Crippen molar-refractivity contribution in [3.8, 4) is 0 Å². The van der Waals surface area contributed by atoms with Crippen LogP contribution in [0, 0.1) is 5.92 Å². The summed E-state index contributed by atoms with van der Waals surface area (Å²) >= 11 is 0. The third-order valence-corrected chi connectivity index (χ3v) is 6.60. The van der Waals surface area contributed by atoms with Crippen LogP contribution in [-0.2, 0) is 16.3 Å². The van der Waals surface area contributed by atoms with E-state index in [9.17, 15) is 13.5 Å². The highest BCUT2D eigenvalue weighted by Gasteiger charge is 2.40. The fourth-order valence-electron chi connectivity index (χ4n) is 3.53. The molecule has 1 N–H and O–H groups in total. The topological polar surface area (TPSA) is 54.4 Å². The maximum absolute atomic E-state index is 11.8. The lowest BCUT2D eigenvalue weighted by Crippen LogP contribution is -2.44. The van der Waals surface area contributed by atoms with Crippen molar-refractivity contribution in [3.63, 3.8) is 0 Å². The van der Waals surface area contributed by atoms with E-state index < -0.39 is 15.4 Å². The summed E-state index contributed by atoms with van der Waals surface area (Å²) in [6.45, 7) is 1.99. The van der Waals surface area contributed by atoms with Gasteiger partial charge in [-0.1, -0.05) is 43.7 Å². The van der Waals surface area contributed by atoms with Gasteiger partial charge in [0.1, 0.15) is 9.84 Å². The molecule has 0 heterocycles. The van der Waals surface area contributed by atoms with Crippen LogP contribution in [0.3, 0.4) is 0 Å². The number of hydrogen-bond acceptors (Lipinski definition) is 3. The van der Waals surface area contributed by atoms with Crippen molar-refractivity contribution in [1.29, 1.82) is 0 Å². The summed E-state index contributed by atoms with van der Waals surface area (Å²) in [5.41, 5.74) is 0.313. The first-order valence-electron chi connectivity index (χ1n) is 7.80. The highest BCUT2D eigenvalue weighted by Crippen LogP contribution is 2.38. The van der Waals surface area contributed by atoms with Crippen molar-refractivity contribution in [3.05, 3.63) is 35.9 Å². The molecule has 0 aliphatic heterocycles. The number of rotatable bonds is 5. The maximum atomic E-state index is 11.8. The summed E-state index contributed by atoms with van der Waals surface area (Å²) < 4.78 is 23.6. The third kappa shape index (κ3) is 4.07. The van der Waals surface area contributed by atoms with Gasteiger partial charge in [0.15, 0.2) is 0 Å². The van der Waals surface area contributed by atoms with Gasteiger partial charge in [0.05, 0.1) is 10.9 Å². The minimum atomic E-state index is -3.01. The highest BCUT2D eigenvalue weighted by atomic mass is 32.2. The van der Waals surface area contributed by atoms with Crippen molar-refractivity contribution < 1.29 is 13.5 Å². The first kappa shape index (κ1) is 16.5. The molecule has 0 amide bonds. The zero-order valence-corrected chi connectivity index (χ0v) is 13.8. The molecule has 1 aromatic carbocycles. The van der Waals surface area contributed by atoms with Crippen molar-refractivity contribution in [2.45, 2.75) is 56.3 Å². The first-order chi connectivity index (χ1) is 9.85. The molecule has 0 radical (unpaired) electrons. The Bertz CT molecular complexity index is 553. The van der Waals surface area contributed by atoms with Crippen LogP contribution in [0.25, 0.3) is 0 Å². The molecule has 1 aliphatic carbocycles. The second kappa shape index (κ2) is 6.49. The molecule has 1 saturated carbocycles. The van der Waals surface area contributed by atoms with Crippen LogP contribution in [0.15, 0.2) is 30.3 Å². The van der Waals surface area contributed by atoms with Gasteiger partial charge in [0.25, 0.3) is 0 Å². The van der Waals surface area contributed by atoms with E-state index in [1.807, 2.05) is 37.3 Å². The van der Waals surface area contributed by atoms with Gasteiger partial charge in [0, 0.05) is 12.7 Å².